The maximum Gasteiger partial charge on any atom is 0.414 e. The van der Waals surface area contributed by atoms with Gasteiger partial charge in [-0.1, -0.05) is 62.2 Å². The van der Waals surface area contributed by atoms with Crippen LogP contribution in [-0.2, 0) is 21.4 Å². The molecule has 1 fully saturated rings. The number of carbonyl (C=O) groups excluding carboxylic acids is 1. The van der Waals surface area contributed by atoms with Crippen molar-refractivity contribution in [2.24, 2.45) is 5.41 Å². The van der Waals surface area contributed by atoms with E-state index in [0.717, 1.165) is 6.07 Å². The molecule has 1 aromatic heterocycles. The standard InChI is InChI=1S/C36H46Cl2F2N6O6/c1-34(2,3)14-28-36(19-41,25-10-9-21(37)13-27(25)39)30(24-7-6-8-26(38)31(24)40)32(43-28)52-33(50)44-29-11-12-46(45-29)20-35(4,5)51-18-23(49)15-42-22(16-47)17-48/h6-13,22-23,28,30,32,42-43,47-49H,14-18,20H2,1-5H3,(H,44,45,50)/t23-,28+,30+,32-,36+/m1/s1. The Bertz CT molecular complexity index is 1730. The first-order valence-electron chi connectivity index (χ1n) is 16.8. The minimum atomic E-state index is -1.78. The van der Waals surface area contributed by atoms with Crippen molar-refractivity contribution in [3.05, 3.63) is 81.5 Å². The molecule has 5 atom stereocenters. The molecule has 3 aromatic rings. The number of hydrogen-bond donors (Lipinski definition) is 6. The lowest BCUT2D eigenvalue weighted by molar-refractivity contribution is -0.0691. The van der Waals surface area contributed by atoms with Crippen LogP contribution < -0.4 is 16.0 Å². The molecule has 6 N–H and O–H groups in total. The summed E-state index contributed by atoms with van der Waals surface area (Å²) in [7, 11) is 0. The van der Waals surface area contributed by atoms with Crippen LogP contribution in [0.25, 0.3) is 0 Å². The van der Waals surface area contributed by atoms with Crippen molar-refractivity contribution >= 4 is 35.1 Å². The van der Waals surface area contributed by atoms with Crippen LogP contribution in [-0.4, -0.2) is 87.6 Å². The van der Waals surface area contributed by atoms with Crippen molar-refractivity contribution in [2.45, 2.75) is 88.9 Å². The van der Waals surface area contributed by atoms with Gasteiger partial charge >= 0.3 is 6.09 Å². The fourth-order valence-electron chi connectivity index (χ4n) is 6.44. The van der Waals surface area contributed by atoms with Crippen molar-refractivity contribution in [2.75, 3.05) is 31.7 Å². The lowest BCUT2D eigenvalue weighted by atomic mass is 9.63. The lowest BCUT2D eigenvalue weighted by Crippen LogP contribution is -2.44. The molecule has 12 nitrogen and oxygen atoms in total. The highest BCUT2D eigenvalue weighted by Gasteiger charge is 2.61. The van der Waals surface area contributed by atoms with Gasteiger partial charge in [0.15, 0.2) is 12.0 Å². The molecule has 4 rings (SSSR count). The molecule has 0 saturated carbocycles. The number of hydrogen-bond acceptors (Lipinski definition) is 10. The summed E-state index contributed by atoms with van der Waals surface area (Å²) in [6.07, 6.45) is -1.28. The van der Waals surface area contributed by atoms with Gasteiger partial charge in [-0.2, -0.15) is 10.4 Å². The minimum absolute atomic E-state index is 0.0363. The van der Waals surface area contributed by atoms with Crippen molar-refractivity contribution in [3.63, 3.8) is 0 Å². The maximum absolute atomic E-state index is 15.9. The number of nitrogens with zero attached hydrogens (tertiary/aromatic N) is 3. The molecule has 0 bridgehead atoms. The summed E-state index contributed by atoms with van der Waals surface area (Å²) in [5, 5.41) is 52.5. The van der Waals surface area contributed by atoms with E-state index < -0.39 is 64.5 Å². The highest BCUT2D eigenvalue weighted by atomic mass is 35.5. The van der Waals surface area contributed by atoms with Crippen LogP contribution in [0.4, 0.5) is 19.4 Å². The Hall–Kier alpha value is -3.39. The summed E-state index contributed by atoms with van der Waals surface area (Å²) in [6, 6.07) is 10.7. The third-order valence-corrected chi connectivity index (χ3v) is 9.33. The third kappa shape index (κ3) is 9.97. The first kappa shape index (κ1) is 41.4. The molecule has 284 valence electrons. The van der Waals surface area contributed by atoms with Gasteiger partial charge in [-0.3, -0.25) is 15.3 Å². The van der Waals surface area contributed by atoms with E-state index in [1.165, 1.54) is 41.1 Å². The zero-order valence-corrected chi connectivity index (χ0v) is 31.2. The topological polar surface area (TPSA) is 174 Å². The molecule has 1 aliphatic heterocycles. The average molecular weight is 768 g/mol. The molecule has 52 heavy (non-hydrogen) atoms. The number of amides is 1. The fourth-order valence-corrected chi connectivity index (χ4v) is 6.79. The van der Waals surface area contributed by atoms with Crippen LogP contribution in [0.3, 0.4) is 0 Å². The van der Waals surface area contributed by atoms with Gasteiger partial charge < -0.3 is 30.1 Å². The van der Waals surface area contributed by atoms with E-state index in [1.54, 1.807) is 20.0 Å². The van der Waals surface area contributed by atoms with E-state index >= 15 is 8.78 Å². The van der Waals surface area contributed by atoms with Crippen molar-refractivity contribution < 1.29 is 38.4 Å². The number of anilines is 1. The predicted molar refractivity (Wildman–Crippen MR) is 192 cm³/mol. The molecule has 1 aliphatic rings. The number of halogens is 4. The van der Waals surface area contributed by atoms with E-state index in [1.807, 2.05) is 20.8 Å². The monoisotopic (exact) mass is 766 g/mol. The lowest BCUT2D eigenvalue weighted by Gasteiger charge is -2.37. The van der Waals surface area contributed by atoms with Gasteiger partial charge in [-0.25, -0.2) is 13.6 Å². The van der Waals surface area contributed by atoms with Crippen LogP contribution in [0.15, 0.2) is 48.7 Å². The first-order valence-corrected chi connectivity index (χ1v) is 17.5. The van der Waals surface area contributed by atoms with E-state index in [9.17, 15) is 25.4 Å². The molecule has 2 aromatic carbocycles. The maximum atomic E-state index is 15.9. The SMILES string of the molecule is CC(C)(C)C[C@@H]1N[C@H](OC(=O)Nc2ccn(CC(C)(C)OC[C@H](O)CNC(CO)CO)n2)[C@H](c2cccc(Cl)c2F)[C@@]1(C#N)c1ccc(Cl)cc1F. The zero-order chi connectivity index (χ0) is 38.4. The molecule has 0 spiro atoms. The summed E-state index contributed by atoms with van der Waals surface area (Å²) in [4.78, 5) is 13.5. The van der Waals surface area contributed by atoms with Crippen LogP contribution in [0.1, 0.15) is 58.1 Å². The van der Waals surface area contributed by atoms with Crippen LogP contribution in [0.5, 0.6) is 0 Å². The zero-order valence-electron chi connectivity index (χ0n) is 29.7. The van der Waals surface area contributed by atoms with Crippen molar-refractivity contribution in [1.29, 1.82) is 5.26 Å². The summed E-state index contributed by atoms with van der Waals surface area (Å²) >= 11 is 12.3. The Labute approximate surface area is 312 Å². The number of nitriles is 1. The Morgan fingerprint density at radius 2 is 1.87 bits per heavy atom. The van der Waals surface area contributed by atoms with Gasteiger partial charge in [0.2, 0.25) is 0 Å². The Morgan fingerprint density at radius 3 is 2.50 bits per heavy atom. The summed E-state index contributed by atoms with van der Waals surface area (Å²) in [5.41, 5.74) is -3.07. The van der Waals surface area contributed by atoms with E-state index in [-0.39, 0.29) is 59.9 Å². The largest absolute Gasteiger partial charge is 0.429 e. The number of aliphatic hydroxyl groups is 3. The predicted octanol–water partition coefficient (Wildman–Crippen LogP) is 5.09. The molecule has 0 radical (unpaired) electrons. The fraction of sp³-hybridized carbons (Fsp3) is 0.528. The Kier molecular flexibility index (Phi) is 13.7. The summed E-state index contributed by atoms with van der Waals surface area (Å²) in [6.45, 7) is 9.15. The van der Waals surface area contributed by atoms with Gasteiger partial charge in [-0.15, -0.1) is 0 Å². The number of rotatable bonds is 15. The average Bonchev–Trinajstić information content (AvgIpc) is 3.61. The number of nitrogens with one attached hydrogen (secondary N) is 3. The normalized spacial score (nSPS) is 21.3. The highest BCUT2D eigenvalue weighted by molar-refractivity contribution is 6.31. The van der Waals surface area contributed by atoms with Gasteiger partial charge in [0.25, 0.3) is 0 Å². The number of benzene rings is 2. The highest BCUT2D eigenvalue weighted by Crippen LogP contribution is 2.53. The second-order valence-electron chi connectivity index (χ2n) is 14.8. The van der Waals surface area contributed by atoms with Crippen LogP contribution >= 0.6 is 23.2 Å². The van der Waals surface area contributed by atoms with E-state index in [2.05, 4.69) is 27.1 Å². The molecule has 0 unspecified atom stereocenters. The number of aliphatic hydroxyl groups excluding tert-OH is 3. The third-order valence-electron chi connectivity index (χ3n) is 8.80. The molecular formula is C36H46Cl2F2N6O6. The molecule has 1 amide bonds. The molecule has 2 heterocycles. The molecule has 0 aliphatic carbocycles. The smallest absolute Gasteiger partial charge is 0.414 e. The quantitative estimate of drug-likeness (QED) is 0.122. The minimum Gasteiger partial charge on any atom is -0.429 e. The van der Waals surface area contributed by atoms with Crippen LogP contribution in [0, 0.1) is 28.4 Å². The van der Waals surface area contributed by atoms with Crippen LogP contribution in [0.2, 0.25) is 10.0 Å². The van der Waals surface area contributed by atoms with Gasteiger partial charge in [0.05, 0.1) is 61.1 Å². The van der Waals surface area contributed by atoms with E-state index in [4.69, 9.17) is 32.7 Å². The van der Waals surface area contributed by atoms with Gasteiger partial charge in [0.1, 0.15) is 17.0 Å². The molecule has 1 saturated heterocycles. The second-order valence-corrected chi connectivity index (χ2v) is 15.6. The van der Waals surface area contributed by atoms with Crippen molar-refractivity contribution in [3.8, 4) is 6.07 Å². The first-order chi connectivity index (χ1) is 24.4. The van der Waals surface area contributed by atoms with Gasteiger partial charge in [0, 0.05) is 35.4 Å². The molecule has 16 heteroatoms. The number of carbonyl (C=O) groups is 1. The molecular weight excluding hydrogens is 721 g/mol. The number of ether oxygens (including phenoxy) is 2. The van der Waals surface area contributed by atoms with Crippen molar-refractivity contribution in [1.82, 2.24) is 20.4 Å². The second kappa shape index (κ2) is 17.2. The Morgan fingerprint density at radius 1 is 1.15 bits per heavy atom. The number of aromatic nitrogens is 2. The Balaban J connectivity index is 1.56. The summed E-state index contributed by atoms with van der Waals surface area (Å²) < 4.78 is 45.0. The summed E-state index contributed by atoms with van der Waals surface area (Å²) in [5.74, 6) is -2.74. The van der Waals surface area contributed by atoms with E-state index in [0.29, 0.717) is 6.42 Å². The van der Waals surface area contributed by atoms with Gasteiger partial charge in [-0.05, 0) is 49.4 Å².